The lowest BCUT2D eigenvalue weighted by Crippen LogP contribution is -2.40. The van der Waals surface area contributed by atoms with Gasteiger partial charge in [0.05, 0.1) is 30.3 Å². The Morgan fingerprint density at radius 1 is 1.22 bits per heavy atom. The Balaban J connectivity index is 1.67. The van der Waals surface area contributed by atoms with E-state index in [-0.39, 0.29) is 16.5 Å². The van der Waals surface area contributed by atoms with Crippen molar-refractivity contribution >= 4 is 33.0 Å². The number of aromatic nitrogens is 2. The highest BCUT2D eigenvalue weighted by Crippen LogP contribution is 2.33. The maximum Gasteiger partial charge on any atom is 0.266 e. The van der Waals surface area contributed by atoms with Gasteiger partial charge in [-0.2, -0.15) is 0 Å². The molecule has 0 saturated carbocycles. The number of halogens is 1. The molecule has 3 aromatic rings. The molecular weight excluding hydrogens is 455 g/mol. The molecule has 1 fully saturated rings. The number of amides is 1. The number of para-hydroxylation sites is 1. The van der Waals surface area contributed by atoms with Crippen LogP contribution >= 0.6 is 11.3 Å². The van der Waals surface area contributed by atoms with E-state index in [2.05, 4.69) is 9.71 Å². The lowest BCUT2D eigenvalue weighted by atomic mass is 10.3. The van der Waals surface area contributed by atoms with Crippen LogP contribution in [0.25, 0.3) is 10.7 Å². The summed E-state index contributed by atoms with van der Waals surface area (Å²) in [7, 11) is -2.31. The minimum absolute atomic E-state index is 0.0205. The van der Waals surface area contributed by atoms with Gasteiger partial charge in [0.25, 0.3) is 15.9 Å². The van der Waals surface area contributed by atoms with Crippen LogP contribution in [0.3, 0.4) is 0 Å². The Morgan fingerprint density at radius 2 is 1.91 bits per heavy atom. The first-order valence-corrected chi connectivity index (χ1v) is 12.3. The third-order valence-electron chi connectivity index (χ3n) is 5.40. The van der Waals surface area contributed by atoms with Crippen LogP contribution < -0.4 is 4.72 Å². The number of nitrogens with zero attached hydrogens (tertiary/aromatic N) is 3. The zero-order valence-electron chi connectivity index (χ0n) is 17.9. The van der Waals surface area contributed by atoms with Gasteiger partial charge in [-0.1, -0.05) is 12.1 Å². The average molecular weight is 479 g/mol. The summed E-state index contributed by atoms with van der Waals surface area (Å²) in [6.07, 6.45) is 0. The van der Waals surface area contributed by atoms with Crippen LogP contribution in [0.5, 0.6) is 0 Å². The minimum atomic E-state index is -4.04. The molecule has 0 aliphatic carbocycles. The van der Waals surface area contributed by atoms with Gasteiger partial charge in [0, 0.05) is 25.8 Å². The van der Waals surface area contributed by atoms with Crippen LogP contribution in [-0.4, -0.2) is 55.1 Å². The number of morpholine rings is 1. The van der Waals surface area contributed by atoms with E-state index in [1.807, 2.05) is 0 Å². The summed E-state index contributed by atoms with van der Waals surface area (Å²) in [6.45, 7) is 5.49. The van der Waals surface area contributed by atoms with Crippen molar-refractivity contribution in [3.8, 4) is 10.7 Å². The summed E-state index contributed by atoms with van der Waals surface area (Å²) in [4.78, 5) is 19.7. The molecule has 1 aliphatic rings. The van der Waals surface area contributed by atoms with Gasteiger partial charge in [0.15, 0.2) is 0 Å². The fourth-order valence-corrected chi connectivity index (χ4v) is 5.95. The highest BCUT2D eigenvalue weighted by molar-refractivity contribution is 7.92. The standard InChI is InChI=1S/C21H23FN4O4S2/c1-13-19(21(27)26-8-10-30-11-9-26)31-20(23-13)17-12-18(14(2)25(17)3)32(28,29)24-16-7-5-4-6-15(16)22/h4-7,12,24H,8-11H2,1-3H3. The van der Waals surface area contributed by atoms with Gasteiger partial charge >= 0.3 is 0 Å². The van der Waals surface area contributed by atoms with Gasteiger partial charge in [-0.05, 0) is 32.0 Å². The molecule has 8 nitrogen and oxygen atoms in total. The van der Waals surface area contributed by atoms with E-state index >= 15 is 0 Å². The van der Waals surface area contributed by atoms with E-state index in [0.717, 1.165) is 0 Å². The van der Waals surface area contributed by atoms with Gasteiger partial charge in [-0.15, -0.1) is 11.3 Å². The number of hydrogen-bond donors (Lipinski definition) is 1. The van der Waals surface area contributed by atoms with Crippen molar-refractivity contribution in [2.45, 2.75) is 18.7 Å². The van der Waals surface area contributed by atoms with E-state index < -0.39 is 15.8 Å². The number of anilines is 1. The molecule has 1 N–H and O–H groups in total. The lowest BCUT2D eigenvalue weighted by Gasteiger charge is -2.26. The van der Waals surface area contributed by atoms with Crippen LogP contribution in [0.4, 0.5) is 10.1 Å². The second-order valence-corrected chi connectivity index (χ2v) is 10.1. The summed E-state index contributed by atoms with van der Waals surface area (Å²) >= 11 is 1.23. The molecule has 0 atom stereocenters. The lowest BCUT2D eigenvalue weighted by molar-refractivity contribution is 0.0305. The van der Waals surface area contributed by atoms with Gasteiger partial charge in [-0.25, -0.2) is 17.8 Å². The molecule has 11 heteroatoms. The van der Waals surface area contributed by atoms with Crippen LogP contribution in [0.1, 0.15) is 21.1 Å². The normalized spacial score (nSPS) is 14.6. The number of hydrogen-bond acceptors (Lipinski definition) is 6. The molecule has 0 spiro atoms. The first-order valence-electron chi connectivity index (χ1n) is 9.97. The van der Waals surface area contributed by atoms with Gasteiger partial charge in [0.2, 0.25) is 0 Å². The highest BCUT2D eigenvalue weighted by atomic mass is 32.2. The molecule has 0 unspecified atom stereocenters. The van der Waals surface area contributed by atoms with Crippen molar-refractivity contribution in [3.05, 3.63) is 52.4 Å². The minimum Gasteiger partial charge on any atom is -0.378 e. The molecule has 1 aliphatic heterocycles. The van der Waals surface area contributed by atoms with Crippen molar-refractivity contribution in [2.75, 3.05) is 31.0 Å². The molecule has 3 heterocycles. The largest absolute Gasteiger partial charge is 0.378 e. The van der Waals surface area contributed by atoms with E-state index in [9.17, 15) is 17.6 Å². The van der Waals surface area contributed by atoms with E-state index in [1.165, 1.54) is 35.6 Å². The average Bonchev–Trinajstić information content (AvgIpc) is 3.30. The van der Waals surface area contributed by atoms with E-state index in [4.69, 9.17) is 4.74 Å². The van der Waals surface area contributed by atoms with Crippen molar-refractivity contribution < 1.29 is 22.3 Å². The van der Waals surface area contributed by atoms with Crippen molar-refractivity contribution in [3.63, 3.8) is 0 Å². The molecular formula is C21H23FN4O4S2. The molecule has 0 radical (unpaired) electrons. The number of aryl methyl sites for hydroxylation is 1. The second-order valence-electron chi connectivity index (χ2n) is 7.46. The number of thiazole rings is 1. The number of carbonyl (C=O) groups is 1. The predicted molar refractivity (Wildman–Crippen MR) is 120 cm³/mol. The third kappa shape index (κ3) is 4.15. The van der Waals surface area contributed by atoms with Crippen LogP contribution in [0.2, 0.25) is 0 Å². The van der Waals surface area contributed by atoms with Gasteiger partial charge in [0.1, 0.15) is 20.6 Å². The summed E-state index contributed by atoms with van der Waals surface area (Å²) in [5, 5.41) is 0.539. The third-order valence-corrected chi connectivity index (χ3v) is 8.05. The Labute approximate surface area is 189 Å². The SMILES string of the molecule is Cc1nc(-c2cc(S(=O)(=O)Nc3ccccc3F)c(C)n2C)sc1C(=O)N1CCOCC1. The molecule has 0 bridgehead atoms. The fourth-order valence-electron chi connectivity index (χ4n) is 3.51. The number of benzene rings is 1. The van der Waals surface area contributed by atoms with Crippen molar-refractivity contribution in [1.82, 2.24) is 14.5 Å². The summed E-state index contributed by atoms with van der Waals surface area (Å²) < 4.78 is 49.3. The Hall–Kier alpha value is -2.76. The van der Waals surface area contributed by atoms with Crippen molar-refractivity contribution in [1.29, 1.82) is 0 Å². The zero-order chi connectivity index (χ0) is 23.0. The first kappa shape index (κ1) is 22.4. The van der Waals surface area contributed by atoms with Gasteiger partial charge in [-0.3, -0.25) is 9.52 Å². The van der Waals surface area contributed by atoms with Crippen molar-refractivity contribution in [2.24, 2.45) is 7.05 Å². The Morgan fingerprint density at radius 3 is 2.59 bits per heavy atom. The second kappa shape index (κ2) is 8.64. The topological polar surface area (TPSA) is 93.5 Å². The van der Waals surface area contributed by atoms with Crippen LogP contribution in [0.15, 0.2) is 35.2 Å². The summed E-state index contributed by atoms with van der Waals surface area (Å²) in [6, 6.07) is 7.08. The monoisotopic (exact) mass is 478 g/mol. The molecule has 1 amide bonds. The molecule has 1 saturated heterocycles. The maximum absolute atomic E-state index is 14.0. The van der Waals surface area contributed by atoms with E-state index in [1.54, 1.807) is 36.4 Å². The van der Waals surface area contributed by atoms with Crippen LogP contribution in [0, 0.1) is 19.7 Å². The smallest absolute Gasteiger partial charge is 0.266 e. The zero-order valence-corrected chi connectivity index (χ0v) is 19.5. The molecule has 2 aromatic heterocycles. The van der Waals surface area contributed by atoms with Gasteiger partial charge < -0.3 is 14.2 Å². The summed E-state index contributed by atoms with van der Waals surface area (Å²) in [5.41, 5.74) is 1.50. The number of sulfonamides is 1. The molecule has 1 aromatic carbocycles. The molecule has 4 rings (SSSR count). The Bertz CT molecular complexity index is 1280. The number of rotatable bonds is 5. The Kier molecular flexibility index (Phi) is 6.06. The maximum atomic E-state index is 14.0. The number of nitrogens with one attached hydrogen (secondary N) is 1. The molecule has 32 heavy (non-hydrogen) atoms. The fraction of sp³-hybridized carbons (Fsp3) is 0.333. The number of ether oxygens (including phenoxy) is 1. The quantitative estimate of drug-likeness (QED) is 0.608. The van der Waals surface area contributed by atoms with E-state index in [0.29, 0.717) is 53.3 Å². The van der Waals surface area contributed by atoms with Crippen LogP contribution in [-0.2, 0) is 21.8 Å². The summed E-state index contributed by atoms with van der Waals surface area (Å²) in [5.74, 6) is -0.763. The number of carbonyl (C=O) groups excluding carboxylic acids is 1. The first-order chi connectivity index (χ1) is 15.2. The predicted octanol–water partition coefficient (Wildman–Crippen LogP) is 3.18. The molecule has 170 valence electrons. The highest BCUT2D eigenvalue weighted by Gasteiger charge is 2.27.